The topological polar surface area (TPSA) is 50.2 Å². The van der Waals surface area contributed by atoms with Crippen LogP contribution >= 0.6 is 11.3 Å². The van der Waals surface area contributed by atoms with Crippen molar-refractivity contribution in [2.45, 2.75) is 19.8 Å². The molecule has 1 heterocycles. The Labute approximate surface area is 104 Å². The van der Waals surface area contributed by atoms with Crippen molar-refractivity contribution in [3.05, 3.63) is 51.5 Å². The van der Waals surface area contributed by atoms with Crippen LogP contribution in [-0.2, 0) is 17.6 Å². The molecule has 2 rings (SSSR count). The number of carbonyl (C=O) groups is 1. The average Bonchev–Trinajstić information content (AvgIpc) is 2.64. The number of hydrogen-bond acceptors (Lipinski definition) is 3. The SMILES string of the molecule is Cc1cccc(Cc2csc(CC(=O)O)n2)c1. The van der Waals surface area contributed by atoms with E-state index in [2.05, 4.69) is 30.1 Å². The van der Waals surface area contributed by atoms with Crippen LogP contribution in [0, 0.1) is 6.92 Å². The van der Waals surface area contributed by atoms with Gasteiger partial charge in [-0.15, -0.1) is 11.3 Å². The van der Waals surface area contributed by atoms with E-state index in [4.69, 9.17) is 5.11 Å². The van der Waals surface area contributed by atoms with Gasteiger partial charge in [-0.1, -0.05) is 29.8 Å². The van der Waals surface area contributed by atoms with Gasteiger partial charge >= 0.3 is 5.97 Å². The molecule has 0 spiro atoms. The number of aromatic nitrogens is 1. The zero-order valence-electron chi connectivity index (χ0n) is 9.51. The molecule has 1 aromatic carbocycles. The highest BCUT2D eigenvalue weighted by Crippen LogP contribution is 2.15. The fourth-order valence-electron chi connectivity index (χ4n) is 1.67. The number of thiazole rings is 1. The zero-order valence-corrected chi connectivity index (χ0v) is 10.3. The lowest BCUT2D eigenvalue weighted by Gasteiger charge is -1.99. The summed E-state index contributed by atoms with van der Waals surface area (Å²) in [6.45, 7) is 2.06. The van der Waals surface area contributed by atoms with Crippen LogP contribution in [0.3, 0.4) is 0 Å². The summed E-state index contributed by atoms with van der Waals surface area (Å²) in [5.41, 5.74) is 3.37. The predicted octanol–water partition coefficient (Wildman–Crippen LogP) is 2.67. The van der Waals surface area contributed by atoms with Gasteiger partial charge in [-0.3, -0.25) is 4.79 Å². The van der Waals surface area contributed by atoms with Gasteiger partial charge in [-0.05, 0) is 12.5 Å². The van der Waals surface area contributed by atoms with Crippen molar-refractivity contribution >= 4 is 17.3 Å². The second kappa shape index (κ2) is 5.10. The van der Waals surface area contributed by atoms with Gasteiger partial charge in [-0.25, -0.2) is 4.98 Å². The number of carboxylic acids is 1. The second-order valence-electron chi connectivity index (χ2n) is 3.97. The number of aryl methyl sites for hydroxylation is 1. The Morgan fingerprint density at radius 1 is 1.47 bits per heavy atom. The lowest BCUT2D eigenvalue weighted by atomic mass is 10.1. The molecule has 0 atom stereocenters. The number of benzene rings is 1. The number of aliphatic carboxylic acids is 1. The fraction of sp³-hybridized carbons (Fsp3) is 0.231. The molecule has 0 unspecified atom stereocenters. The van der Waals surface area contributed by atoms with Gasteiger partial charge < -0.3 is 5.11 Å². The summed E-state index contributed by atoms with van der Waals surface area (Å²) >= 11 is 1.41. The third-order valence-corrected chi connectivity index (χ3v) is 3.27. The average molecular weight is 247 g/mol. The Kier molecular flexibility index (Phi) is 3.54. The van der Waals surface area contributed by atoms with Crippen molar-refractivity contribution in [2.24, 2.45) is 0 Å². The first kappa shape index (κ1) is 11.8. The molecule has 4 heteroatoms. The van der Waals surface area contributed by atoms with Crippen molar-refractivity contribution in [1.29, 1.82) is 0 Å². The van der Waals surface area contributed by atoms with Crippen molar-refractivity contribution in [1.82, 2.24) is 4.98 Å². The molecule has 1 aromatic heterocycles. The molecule has 3 nitrogen and oxygen atoms in total. The molecule has 0 radical (unpaired) electrons. The monoisotopic (exact) mass is 247 g/mol. The summed E-state index contributed by atoms with van der Waals surface area (Å²) in [4.78, 5) is 14.9. The maximum Gasteiger partial charge on any atom is 0.310 e. The minimum absolute atomic E-state index is 0.0124. The van der Waals surface area contributed by atoms with E-state index >= 15 is 0 Å². The fourth-order valence-corrected chi connectivity index (χ4v) is 2.46. The summed E-state index contributed by atoms with van der Waals surface area (Å²) in [5.74, 6) is -0.832. The highest BCUT2D eigenvalue weighted by atomic mass is 32.1. The van der Waals surface area contributed by atoms with Gasteiger partial charge in [0.2, 0.25) is 0 Å². The number of carboxylic acid groups (broad SMARTS) is 1. The molecule has 0 fully saturated rings. The normalized spacial score (nSPS) is 10.4. The molecule has 88 valence electrons. The first-order chi connectivity index (χ1) is 8.13. The van der Waals surface area contributed by atoms with E-state index in [1.165, 1.54) is 22.5 Å². The summed E-state index contributed by atoms with van der Waals surface area (Å²) in [5, 5.41) is 11.3. The molecule has 0 aliphatic heterocycles. The van der Waals surface area contributed by atoms with Gasteiger partial charge in [0, 0.05) is 11.8 Å². The molecule has 0 saturated heterocycles. The molecule has 2 aromatic rings. The van der Waals surface area contributed by atoms with Gasteiger partial charge in [0.1, 0.15) is 5.01 Å². The lowest BCUT2D eigenvalue weighted by Crippen LogP contribution is -1.99. The van der Waals surface area contributed by atoms with E-state index in [1.807, 2.05) is 11.4 Å². The molecular formula is C13H13NO2S. The summed E-state index contributed by atoms with van der Waals surface area (Å²) in [6.07, 6.45) is 0.774. The Morgan fingerprint density at radius 2 is 2.29 bits per heavy atom. The highest BCUT2D eigenvalue weighted by Gasteiger charge is 2.06. The Hall–Kier alpha value is -1.68. The van der Waals surface area contributed by atoms with Crippen LogP contribution < -0.4 is 0 Å². The second-order valence-corrected chi connectivity index (χ2v) is 4.91. The Balaban J connectivity index is 2.08. The molecule has 0 aliphatic rings. The summed E-state index contributed by atoms with van der Waals surface area (Å²) in [7, 11) is 0. The van der Waals surface area contributed by atoms with E-state index in [1.54, 1.807) is 0 Å². The Morgan fingerprint density at radius 3 is 3.00 bits per heavy atom. The Bertz CT molecular complexity index is 534. The van der Waals surface area contributed by atoms with Gasteiger partial charge in [0.05, 0.1) is 12.1 Å². The number of nitrogens with zero attached hydrogens (tertiary/aromatic N) is 1. The third kappa shape index (κ3) is 3.39. The van der Waals surface area contributed by atoms with E-state index in [9.17, 15) is 4.79 Å². The van der Waals surface area contributed by atoms with E-state index in [0.717, 1.165) is 12.1 Å². The van der Waals surface area contributed by atoms with Crippen LogP contribution in [0.15, 0.2) is 29.6 Å². The molecule has 0 saturated carbocycles. The minimum atomic E-state index is -0.832. The first-order valence-corrected chi connectivity index (χ1v) is 6.22. The van der Waals surface area contributed by atoms with Crippen LogP contribution in [-0.4, -0.2) is 16.1 Å². The van der Waals surface area contributed by atoms with Crippen molar-refractivity contribution in [3.63, 3.8) is 0 Å². The number of hydrogen-bond donors (Lipinski definition) is 1. The molecular weight excluding hydrogens is 234 g/mol. The molecule has 0 amide bonds. The maximum absolute atomic E-state index is 10.5. The van der Waals surface area contributed by atoms with E-state index in [0.29, 0.717) is 5.01 Å². The van der Waals surface area contributed by atoms with Gasteiger partial charge in [0.15, 0.2) is 0 Å². The van der Waals surface area contributed by atoms with Crippen molar-refractivity contribution in [3.8, 4) is 0 Å². The standard InChI is InChI=1S/C13H13NO2S/c1-9-3-2-4-10(5-9)6-11-8-17-12(14-11)7-13(15)16/h2-5,8H,6-7H2,1H3,(H,15,16). The summed E-state index contributed by atoms with van der Waals surface area (Å²) < 4.78 is 0. The lowest BCUT2D eigenvalue weighted by molar-refractivity contribution is -0.136. The predicted molar refractivity (Wildman–Crippen MR) is 67.4 cm³/mol. The minimum Gasteiger partial charge on any atom is -0.481 e. The van der Waals surface area contributed by atoms with Crippen LogP contribution in [0.25, 0.3) is 0 Å². The van der Waals surface area contributed by atoms with Crippen LogP contribution in [0.4, 0.5) is 0 Å². The molecule has 0 bridgehead atoms. The third-order valence-electron chi connectivity index (χ3n) is 2.37. The molecule has 1 N–H and O–H groups in total. The number of rotatable bonds is 4. The van der Waals surface area contributed by atoms with Crippen molar-refractivity contribution < 1.29 is 9.90 Å². The quantitative estimate of drug-likeness (QED) is 0.903. The van der Waals surface area contributed by atoms with E-state index in [-0.39, 0.29) is 6.42 Å². The van der Waals surface area contributed by atoms with Crippen LogP contribution in [0.1, 0.15) is 21.8 Å². The van der Waals surface area contributed by atoms with Crippen LogP contribution in [0.5, 0.6) is 0 Å². The molecule has 0 aliphatic carbocycles. The molecule has 17 heavy (non-hydrogen) atoms. The largest absolute Gasteiger partial charge is 0.481 e. The van der Waals surface area contributed by atoms with Crippen molar-refractivity contribution in [2.75, 3.05) is 0 Å². The van der Waals surface area contributed by atoms with Gasteiger partial charge in [0.25, 0.3) is 0 Å². The van der Waals surface area contributed by atoms with Gasteiger partial charge in [-0.2, -0.15) is 0 Å². The zero-order chi connectivity index (χ0) is 12.3. The first-order valence-electron chi connectivity index (χ1n) is 5.34. The highest BCUT2D eigenvalue weighted by molar-refractivity contribution is 7.09. The smallest absolute Gasteiger partial charge is 0.310 e. The summed E-state index contributed by atoms with van der Waals surface area (Å²) in [6, 6.07) is 8.26. The maximum atomic E-state index is 10.5. The van der Waals surface area contributed by atoms with E-state index < -0.39 is 5.97 Å². The van der Waals surface area contributed by atoms with Crippen LogP contribution in [0.2, 0.25) is 0 Å².